The van der Waals surface area contributed by atoms with Crippen LogP contribution in [-0.4, -0.2) is 47.8 Å². The van der Waals surface area contributed by atoms with Gasteiger partial charge in [0.05, 0.1) is 6.42 Å². The summed E-state index contributed by atoms with van der Waals surface area (Å²) in [6, 6.07) is 8.34. The molecule has 1 aliphatic rings. The molecule has 0 radical (unpaired) electrons. The van der Waals surface area contributed by atoms with E-state index in [2.05, 4.69) is 38.1 Å². The van der Waals surface area contributed by atoms with Crippen molar-refractivity contribution in [3.05, 3.63) is 35.4 Å². The molecule has 2 amide bonds. The standard InChI is InChI=1S/C20H30N2O2/c1-4-6-19(23)21-11-5-12-22(14-13-21)20(24)15-17-7-9-18(10-8-17)16(2)3/h7-10,16H,4-6,11-15H2,1-3H3. The van der Waals surface area contributed by atoms with Crippen molar-refractivity contribution >= 4 is 11.8 Å². The van der Waals surface area contributed by atoms with Gasteiger partial charge in [0.2, 0.25) is 11.8 Å². The Morgan fingerprint density at radius 3 is 2.08 bits per heavy atom. The second-order valence-electron chi connectivity index (χ2n) is 6.94. The molecule has 0 spiro atoms. The first-order valence-corrected chi connectivity index (χ1v) is 9.15. The minimum atomic E-state index is 0.164. The van der Waals surface area contributed by atoms with Gasteiger partial charge in [0.1, 0.15) is 0 Å². The van der Waals surface area contributed by atoms with Gasteiger partial charge in [-0.15, -0.1) is 0 Å². The van der Waals surface area contributed by atoms with E-state index in [1.807, 2.05) is 16.7 Å². The molecule has 0 aliphatic carbocycles. The second-order valence-corrected chi connectivity index (χ2v) is 6.94. The monoisotopic (exact) mass is 330 g/mol. The number of carbonyl (C=O) groups excluding carboxylic acids is 2. The molecule has 4 nitrogen and oxygen atoms in total. The molecule has 1 heterocycles. The summed E-state index contributed by atoms with van der Waals surface area (Å²) in [5.74, 6) is 0.889. The van der Waals surface area contributed by atoms with Gasteiger partial charge in [0.25, 0.3) is 0 Å². The fraction of sp³-hybridized carbons (Fsp3) is 0.600. The van der Waals surface area contributed by atoms with Gasteiger partial charge < -0.3 is 9.80 Å². The van der Waals surface area contributed by atoms with Crippen molar-refractivity contribution < 1.29 is 9.59 Å². The van der Waals surface area contributed by atoms with Crippen molar-refractivity contribution in [1.82, 2.24) is 9.80 Å². The summed E-state index contributed by atoms with van der Waals surface area (Å²) < 4.78 is 0. The lowest BCUT2D eigenvalue weighted by Gasteiger charge is -2.22. The van der Waals surface area contributed by atoms with E-state index in [1.165, 1.54) is 5.56 Å². The van der Waals surface area contributed by atoms with E-state index in [9.17, 15) is 9.59 Å². The van der Waals surface area contributed by atoms with E-state index in [1.54, 1.807) is 0 Å². The van der Waals surface area contributed by atoms with Crippen LogP contribution in [-0.2, 0) is 16.0 Å². The fourth-order valence-electron chi connectivity index (χ4n) is 3.10. The Morgan fingerprint density at radius 1 is 0.958 bits per heavy atom. The number of hydrogen-bond acceptors (Lipinski definition) is 2. The van der Waals surface area contributed by atoms with Gasteiger partial charge in [0, 0.05) is 32.6 Å². The average Bonchev–Trinajstić information content (AvgIpc) is 2.81. The van der Waals surface area contributed by atoms with Crippen LogP contribution in [0.1, 0.15) is 57.1 Å². The van der Waals surface area contributed by atoms with Crippen molar-refractivity contribution in [2.24, 2.45) is 0 Å². The van der Waals surface area contributed by atoms with E-state index in [4.69, 9.17) is 0 Å². The van der Waals surface area contributed by atoms with E-state index < -0.39 is 0 Å². The molecule has 1 aromatic carbocycles. The minimum absolute atomic E-state index is 0.164. The van der Waals surface area contributed by atoms with Gasteiger partial charge in [-0.25, -0.2) is 0 Å². The maximum absolute atomic E-state index is 12.6. The van der Waals surface area contributed by atoms with Crippen LogP contribution in [0.3, 0.4) is 0 Å². The summed E-state index contributed by atoms with van der Waals surface area (Å²) >= 11 is 0. The Labute approximate surface area is 145 Å². The zero-order chi connectivity index (χ0) is 17.5. The van der Waals surface area contributed by atoms with Crippen LogP contribution in [0, 0.1) is 0 Å². The lowest BCUT2D eigenvalue weighted by molar-refractivity contribution is -0.133. The summed E-state index contributed by atoms with van der Waals surface area (Å²) in [6.07, 6.45) is 2.80. The largest absolute Gasteiger partial charge is 0.341 e. The lowest BCUT2D eigenvalue weighted by atomic mass is 10.0. The molecule has 1 fully saturated rings. The molecule has 2 rings (SSSR count). The molecule has 1 saturated heterocycles. The first-order valence-electron chi connectivity index (χ1n) is 9.15. The number of rotatable bonds is 5. The molecule has 132 valence electrons. The van der Waals surface area contributed by atoms with Crippen LogP contribution >= 0.6 is 0 Å². The predicted octanol–water partition coefficient (Wildman–Crippen LogP) is 3.21. The molecule has 1 aromatic rings. The van der Waals surface area contributed by atoms with Crippen LogP contribution in [0.15, 0.2) is 24.3 Å². The fourth-order valence-corrected chi connectivity index (χ4v) is 3.10. The number of hydrogen-bond donors (Lipinski definition) is 0. The Hall–Kier alpha value is -1.84. The highest BCUT2D eigenvalue weighted by Gasteiger charge is 2.21. The topological polar surface area (TPSA) is 40.6 Å². The average molecular weight is 330 g/mol. The highest BCUT2D eigenvalue weighted by Crippen LogP contribution is 2.16. The lowest BCUT2D eigenvalue weighted by Crippen LogP contribution is -2.37. The highest BCUT2D eigenvalue weighted by molar-refractivity contribution is 5.79. The summed E-state index contributed by atoms with van der Waals surface area (Å²) in [7, 11) is 0. The molecule has 24 heavy (non-hydrogen) atoms. The van der Waals surface area contributed by atoms with E-state index in [0.717, 1.165) is 31.5 Å². The third kappa shape index (κ3) is 5.08. The smallest absolute Gasteiger partial charge is 0.227 e. The van der Waals surface area contributed by atoms with Crippen molar-refractivity contribution in [1.29, 1.82) is 0 Å². The van der Waals surface area contributed by atoms with E-state index in [0.29, 0.717) is 31.8 Å². The Kier molecular flexibility index (Phi) is 6.83. The van der Waals surface area contributed by atoms with Gasteiger partial charge in [-0.1, -0.05) is 45.0 Å². The van der Waals surface area contributed by atoms with Gasteiger partial charge in [0.15, 0.2) is 0 Å². The number of nitrogens with zero attached hydrogens (tertiary/aromatic N) is 2. The number of benzene rings is 1. The summed E-state index contributed by atoms with van der Waals surface area (Å²) in [6.45, 7) is 9.20. The highest BCUT2D eigenvalue weighted by atomic mass is 16.2. The molecule has 0 unspecified atom stereocenters. The number of carbonyl (C=O) groups is 2. The maximum Gasteiger partial charge on any atom is 0.227 e. The van der Waals surface area contributed by atoms with Gasteiger partial charge in [-0.2, -0.15) is 0 Å². The predicted molar refractivity (Wildman–Crippen MR) is 96.9 cm³/mol. The van der Waals surface area contributed by atoms with Crippen molar-refractivity contribution in [3.63, 3.8) is 0 Å². The van der Waals surface area contributed by atoms with E-state index in [-0.39, 0.29) is 11.8 Å². The third-order valence-corrected chi connectivity index (χ3v) is 4.67. The molecular weight excluding hydrogens is 300 g/mol. The Bertz CT molecular complexity index is 551. The van der Waals surface area contributed by atoms with Gasteiger partial charge in [-0.05, 0) is 29.9 Å². The van der Waals surface area contributed by atoms with Crippen molar-refractivity contribution in [2.45, 2.75) is 52.4 Å². The molecule has 0 N–H and O–H groups in total. The second kappa shape index (κ2) is 8.86. The zero-order valence-electron chi connectivity index (χ0n) is 15.3. The molecule has 0 saturated carbocycles. The molecule has 4 heteroatoms. The zero-order valence-corrected chi connectivity index (χ0v) is 15.3. The normalized spacial score (nSPS) is 15.5. The first-order chi connectivity index (χ1) is 11.5. The van der Waals surface area contributed by atoms with Crippen LogP contribution in [0.5, 0.6) is 0 Å². The Balaban J connectivity index is 1.89. The molecule has 0 aromatic heterocycles. The van der Waals surface area contributed by atoms with Crippen LogP contribution in [0.4, 0.5) is 0 Å². The van der Waals surface area contributed by atoms with Crippen LogP contribution in [0.2, 0.25) is 0 Å². The third-order valence-electron chi connectivity index (χ3n) is 4.67. The molecule has 0 atom stereocenters. The maximum atomic E-state index is 12.6. The molecule has 0 bridgehead atoms. The van der Waals surface area contributed by atoms with E-state index >= 15 is 0 Å². The van der Waals surface area contributed by atoms with Crippen molar-refractivity contribution in [3.8, 4) is 0 Å². The summed E-state index contributed by atoms with van der Waals surface area (Å²) in [5, 5.41) is 0. The summed E-state index contributed by atoms with van der Waals surface area (Å²) in [4.78, 5) is 28.4. The van der Waals surface area contributed by atoms with Crippen molar-refractivity contribution in [2.75, 3.05) is 26.2 Å². The quantitative estimate of drug-likeness (QED) is 0.832. The SMILES string of the molecule is CCCC(=O)N1CCCN(C(=O)Cc2ccc(C(C)C)cc2)CC1. The van der Waals surface area contributed by atoms with Crippen LogP contribution < -0.4 is 0 Å². The minimum Gasteiger partial charge on any atom is -0.341 e. The Morgan fingerprint density at radius 2 is 1.54 bits per heavy atom. The summed E-state index contributed by atoms with van der Waals surface area (Å²) in [5.41, 5.74) is 2.36. The first kappa shape index (κ1) is 18.5. The molecular formula is C20H30N2O2. The number of amides is 2. The van der Waals surface area contributed by atoms with Crippen LogP contribution in [0.25, 0.3) is 0 Å². The van der Waals surface area contributed by atoms with Gasteiger partial charge in [-0.3, -0.25) is 9.59 Å². The molecule has 1 aliphatic heterocycles. The van der Waals surface area contributed by atoms with Gasteiger partial charge >= 0.3 is 0 Å².